The highest BCUT2D eigenvalue weighted by atomic mass is 32.1. The summed E-state index contributed by atoms with van der Waals surface area (Å²) < 4.78 is 2.64. The number of hydrogen-bond donors (Lipinski definition) is 0. The third kappa shape index (κ3) is 3.38. The average Bonchev–Trinajstić information content (AvgIpc) is 3.43. The third-order valence-corrected chi connectivity index (χ3v) is 9.56. The van der Waals surface area contributed by atoms with Crippen molar-refractivity contribution in [3.05, 3.63) is 140 Å². The van der Waals surface area contributed by atoms with Crippen molar-refractivity contribution in [3.63, 3.8) is 0 Å². The van der Waals surface area contributed by atoms with Crippen LogP contribution in [0.2, 0.25) is 0 Å². The molecule has 0 aliphatic rings. The van der Waals surface area contributed by atoms with E-state index in [1.165, 1.54) is 69.0 Å². The van der Waals surface area contributed by atoms with Crippen LogP contribution in [0.25, 0.3) is 85.8 Å². The van der Waals surface area contributed by atoms with Gasteiger partial charge < -0.3 is 0 Å². The van der Waals surface area contributed by atoms with Crippen LogP contribution >= 0.6 is 11.3 Å². The summed E-state index contributed by atoms with van der Waals surface area (Å²) in [5, 5.41) is 11.4. The predicted molar refractivity (Wildman–Crippen MR) is 178 cm³/mol. The third-order valence-electron chi connectivity index (χ3n) is 8.42. The molecule has 0 aliphatic carbocycles. The van der Waals surface area contributed by atoms with Gasteiger partial charge in [0.15, 0.2) is 0 Å². The molecule has 0 unspecified atom stereocenters. The second-order valence-electron chi connectivity index (χ2n) is 10.7. The minimum Gasteiger partial charge on any atom is -0.247 e. The molecule has 190 valence electrons. The molecule has 0 fully saturated rings. The maximum absolute atomic E-state index is 5.30. The van der Waals surface area contributed by atoms with E-state index in [0.717, 1.165) is 16.8 Å². The van der Waals surface area contributed by atoms with Crippen LogP contribution in [-0.4, -0.2) is 4.98 Å². The van der Waals surface area contributed by atoms with E-state index < -0.39 is 0 Å². The molecule has 1 nitrogen and oxygen atoms in total. The van der Waals surface area contributed by atoms with E-state index in [2.05, 4.69) is 140 Å². The molecule has 0 aliphatic heterocycles. The van der Waals surface area contributed by atoms with Gasteiger partial charge in [-0.05, 0) is 63.0 Å². The van der Waals surface area contributed by atoms with Gasteiger partial charge in [-0.25, -0.2) is 4.98 Å². The van der Waals surface area contributed by atoms with Gasteiger partial charge in [-0.2, -0.15) is 0 Å². The fourth-order valence-corrected chi connectivity index (χ4v) is 7.72. The molecule has 0 bridgehead atoms. The summed E-state index contributed by atoms with van der Waals surface area (Å²) in [4.78, 5) is 5.30. The molecule has 0 radical (unpaired) electrons. The number of nitrogens with zero attached hydrogens (tertiary/aromatic N) is 1. The molecule has 0 amide bonds. The first-order valence-electron chi connectivity index (χ1n) is 14.0. The van der Waals surface area contributed by atoms with Gasteiger partial charge in [0.2, 0.25) is 0 Å². The summed E-state index contributed by atoms with van der Waals surface area (Å²) in [7, 11) is 0. The molecule has 7 aromatic carbocycles. The van der Waals surface area contributed by atoms with E-state index in [1.54, 1.807) is 0 Å². The van der Waals surface area contributed by atoms with Gasteiger partial charge in [0.25, 0.3) is 0 Å². The number of para-hydroxylation sites is 1. The van der Waals surface area contributed by atoms with Crippen molar-refractivity contribution in [3.8, 4) is 22.4 Å². The SMILES string of the molecule is c1cc(-c2cc3ccccc3c3ccccc23)cc(-c2nc3ccccc3c3c2ccc2sc4ccccc4c23)c1. The average molecular weight is 538 g/mol. The topological polar surface area (TPSA) is 12.9 Å². The Hall–Kier alpha value is -5.05. The normalized spacial score (nSPS) is 11.9. The van der Waals surface area contributed by atoms with Gasteiger partial charge in [0.05, 0.1) is 11.2 Å². The smallest absolute Gasteiger partial charge is 0.0788 e. The largest absolute Gasteiger partial charge is 0.247 e. The Balaban J connectivity index is 1.36. The van der Waals surface area contributed by atoms with Gasteiger partial charge in [0, 0.05) is 41.9 Å². The number of benzene rings is 7. The minimum atomic E-state index is 1.03. The highest BCUT2D eigenvalue weighted by Gasteiger charge is 2.17. The summed E-state index contributed by atoms with van der Waals surface area (Å²) in [6.07, 6.45) is 0. The van der Waals surface area contributed by atoms with Gasteiger partial charge in [0.1, 0.15) is 0 Å². The van der Waals surface area contributed by atoms with Crippen molar-refractivity contribution in [2.75, 3.05) is 0 Å². The lowest BCUT2D eigenvalue weighted by Crippen LogP contribution is -1.91. The molecule has 9 rings (SSSR count). The predicted octanol–water partition coefficient (Wildman–Crippen LogP) is 11.4. The van der Waals surface area contributed by atoms with Crippen molar-refractivity contribution >= 4 is 74.7 Å². The van der Waals surface area contributed by atoms with Crippen LogP contribution in [-0.2, 0) is 0 Å². The molecule has 0 saturated carbocycles. The first kappa shape index (κ1) is 22.7. The molecular weight excluding hydrogens is 515 g/mol. The Morgan fingerprint density at radius 1 is 0.415 bits per heavy atom. The lowest BCUT2D eigenvalue weighted by molar-refractivity contribution is 1.43. The molecule has 0 N–H and O–H groups in total. The lowest BCUT2D eigenvalue weighted by atomic mass is 9.91. The number of thiophene rings is 1. The molecular formula is C39H23NS. The maximum Gasteiger partial charge on any atom is 0.0788 e. The summed E-state index contributed by atoms with van der Waals surface area (Å²) in [5.41, 5.74) is 5.64. The molecule has 41 heavy (non-hydrogen) atoms. The first-order valence-corrected chi connectivity index (χ1v) is 14.8. The molecule has 2 heteroatoms. The highest BCUT2D eigenvalue weighted by Crippen LogP contribution is 2.44. The van der Waals surface area contributed by atoms with Crippen LogP contribution in [0.5, 0.6) is 0 Å². The number of aromatic nitrogens is 1. The number of hydrogen-bond acceptors (Lipinski definition) is 2. The Morgan fingerprint density at radius 3 is 2.02 bits per heavy atom. The lowest BCUT2D eigenvalue weighted by Gasteiger charge is -2.14. The van der Waals surface area contributed by atoms with Crippen LogP contribution < -0.4 is 0 Å². The van der Waals surface area contributed by atoms with Crippen molar-refractivity contribution in [1.29, 1.82) is 0 Å². The van der Waals surface area contributed by atoms with E-state index in [9.17, 15) is 0 Å². The second kappa shape index (κ2) is 8.72. The van der Waals surface area contributed by atoms with Crippen LogP contribution in [0.1, 0.15) is 0 Å². The zero-order valence-electron chi connectivity index (χ0n) is 22.1. The zero-order chi connectivity index (χ0) is 26.9. The van der Waals surface area contributed by atoms with Crippen LogP contribution in [0.4, 0.5) is 0 Å². The maximum atomic E-state index is 5.30. The van der Waals surface area contributed by atoms with E-state index in [4.69, 9.17) is 4.98 Å². The summed E-state index contributed by atoms with van der Waals surface area (Å²) in [6.45, 7) is 0. The Kier molecular flexibility index (Phi) is 4.84. The Bertz CT molecular complexity index is 2480. The summed E-state index contributed by atoms with van der Waals surface area (Å²) >= 11 is 1.87. The molecule has 9 aromatic rings. The van der Waals surface area contributed by atoms with Crippen LogP contribution in [0, 0.1) is 0 Å². The summed E-state index contributed by atoms with van der Waals surface area (Å²) in [6, 6.07) is 50.6. The highest BCUT2D eigenvalue weighted by molar-refractivity contribution is 7.26. The second-order valence-corrected chi connectivity index (χ2v) is 11.8. The van der Waals surface area contributed by atoms with Crippen LogP contribution in [0.15, 0.2) is 140 Å². The minimum absolute atomic E-state index is 1.03. The van der Waals surface area contributed by atoms with Gasteiger partial charge in [-0.15, -0.1) is 11.3 Å². The number of fused-ring (bicyclic) bond motifs is 10. The van der Waals surface area contributed by atoms with E-state index in [-0.39, 0.29) is 0 Å². The standard InChI is InChI=1S/C39H23NS/c1-2-13-27-25(10-1)23-33(29-15-4-3-14-28(27)29)24-11-9-12-26(22-24)39-32-20-21-36-38(31-17-6-8-19-35(31)41-36)37(32)30-16-5-7-18-34(30)40-39/h1-23H. The first-order chi connectivity index (χ1) is 20.3. The van der Waals surface area contributed by atoms with E-state index >= 15 is 0 Å². The zero-order valence-corrected chi connectivity index (χ0v) is 23.0. The molecule has 0 saturated heterocycles. The fourth-order valence-electron chi connectivity index (χ4n) is 6.60. The van der Waals surface area contributed by atoms with Crippen molar-refractivity contribution in [1.82, 2.24) is 4.98 Å². The van der Waals surface area contributed by atoms with Crippen molar-refractivity contribution in [2.45, 2.75) is 0 Å². The number of pyridine rings is 1. The van der Waals surface area contributed by atoms with Crippen molar-refractivity contribution < 1.29 is 0 Å². The van der Waals surface area contributed by atoms with Gasteiger partial charge >= 0.3 is 0 Å². The quantitative estimate of drug-likeness (QED) is 0.200. The Morgan fingerprint density at radius 2 is 1.12 bits per heavy atom. The molecule has 2 heterocycles. The molecule has 0 spiro atoms. The summed E-state index contributed by atoms with van der Waals surface area (Å²) in [5.74, 6) is 0. The van der Waals surface area contributed by atoms with Crippen molar-refractivity contribution in [2.24, 2.45) is 0 Å². The van der Waals surface area contributed by atoms with Gasteiger partial charge in [-0.1, -0.05) is 109 Å². The van der Waals surface area contributed by atoms with Crippen LogP contribution in [0.3, 0.4) is 0 Å². The fraction of sp³-hybridized carbons (Fsp3) is 0. The van der Waals surface area contributed by atoms with Gasteiger partial charge in [-0.3, -0.25) is 0 Å². The number of rotatable bonds is 2. The molecule has 0 atom stereocenters. The Labute approximate surface area is 240 Å². The van der Waals surface area contributed by atoms with E-state index in [0.29, 0.717) is 0 Å². The van der Waals surface area contributed by atoms with E-state index in [1.807, 2.05) is 11.3 Å². The monoisotopic (exact) mass is 537 g/mol. The molecule has 2 aromatic heterocycles.